The highest BCUT2D eigenvalue weighted by Crippen LogP contribution is 2.29. The van der Waals surface area contributed by atoms with Crippen LogP contribution in [0.5, 0.6) is 0 Å². The summed E-state index contributed by atoms with van der Waals surface area (Å²) in [6.07, 6.45) is 5.05. The Kier molecular flexibility index (Phi) is 6.17. The summed E-state index contributed by atoms with van der Waals surface area (Å²) < 4.78 is 4.81. The average Bonchev–Trinajstić information content (AvgIpc) is 2.26. The normalized spacial score (nSPS) is 14.8. The first kappa shape index (κ1) is 14.4. The van der Waals surface area contributed by atoms with Crippen LogP contribution in [0.1, 0.15) is 33.6 Å². The van der Waals surface area contributed by atoms with E-state index in [1.54, 1.807) is 19.1 Å². The molecule has 3 nitrogen and oxygen atoms in total. The average molecular weight is 221 g/mol. The van der Waals surface area contributed by atoms with Crippen LogP contribution < -0.4 is 0 Å². The molecular formula is C13H19NO2. The molecule has 0 aliphatic carbocycles. The van der Waals surface area contributed by atoms with Gasteiger partial charge in [-0.2, -0.15) is 5.26 Å². The van der Waals surface area contributed by atoms with Gasteiger partial charge in [-0.1, -0.05) is 26.0 Å². The molecule has 0 aliphatic heterocycles. The standard InChI is InChI=1S/C13H19NO2/c1-5-8-13(4,6-2)9-11(10-14)12(15)16-7-3/h5,9H,1,6-8H2,2-4H3/b11-9+. The van der Waals surface area contributed by atoms with Gasteiger partial charge in [-0.25, -0.2) is 4.79 Å². The van der Waals surface area contributed by atoms with Crippen LogP contribution in [0.3, 0.4) is 0 Å². The van der Waals surface area contributed by atoms with Crippen molar-refractivity contribution in [2.75, 3.05) is 6.61 Å². The molecular weight excluding hydrogens is 202 g/mol. The molecule has 0 aromatic heterocycles. The number of esters is 1. The van der Waals surface area contributed by atoms with E-state index >= 15 is 0 Å². The van der Waals surface area contributed by atoms with Crippen molar-refractivity contribution in [2.45, 2.75) is 33.6 Å². The van der Waals surface area contributed by atoms with Gasteiger partial charge in [0.2, 0.25) is 0 Å². The van der Waals surface area contributed by atoms with E-state index in [4.69, 9.17) is 10.00 Å². The molecule has 0 aromatic rings. The fourth-order valence-electron chi connectivity index (χ4n) is 1.33. The molecule has 0 bridgehead atoms. The first-order chi connectivity index (χ1) is 7.52. The van der Waals surface area contributed by atoms with Crippen LogP contribution in [0, 0.1) is 16.7 Å². The second kappa shape index (κ2) is 6.84. The third kappa shape index (κ3) is 4.31. The molecule has 0 aliphatic rings. The first-order valence-corrected chi connectivity index (χ1v) is 5.44. The van der Waals surface area contributed by atoms with Crippen molar-refractivity contribution in [3.63, 3.8) is 0 Å². The number of hydrogen-bond donors (Lipinski definition) is 0. The summed E-state index contributed by atoms with van der Waals surface area (Å²) in [5.41, 5.74) is -0.132. The second-order valence-corrected chi connectivity index (χ2v) is 3.89. The van der Waals surface area contributed by atoms with Crippen LogP contribution in [-0.4, -0.2) is 12.6 Å². The zero-order chi connectivity index (χ0) is 12.6. The highest BCUT2D eigenvalue weighted by molar-refractivity contribution is 5.92. The van der Waals surface area contributed by atoms with E-state index in [-0.39, 0.29) is 17.6 Å². The van der Waals surface area contributed by atoms with Crippen molar-refractivity contribution in [1.29, 1.82) is 5.26 Å². The summed E-state index contributed by atoms with van der Waals surface area (Å²) in [5.74, 6) is -0.547. The van der Waals surface area contributed by atoms with Crippen molar-refractivity contribution >= 4 is 5.97 Å². The molecule has 0 radical (unpaired) electrons. The highest BCUT2D eigenvalue weighted by atomic mass is 16.5. The van der Waals surface area contributed by atoms with Crippen LogP contribution in [0.25, 0.3) is 0 Å². The molecule has 0 fully saturated rings. The van der Waals surface area contributed by atoms with Crippen LogP contribution >= 0.6 is 0 Å². The molecule has 88 valence electrons. The molecule has 3 heteroatoms. The Morgan fingerprint density at radius 2 is 2.19 bits per heavy atom. The lowest BCUT2D eigenvalue weighted by Crippen LogP contribution is -2.15. The Labute approximate surface area is 97.4 Å². The molecule has 0 N–H and O–H groups in total. The van der Waals surface area contributed by atoms with E-state index in [1.807, 2.05) is 19.9 Å². The fraction of sp³-hybridized carbons (Fsp3) is 0.538. The largest absolute Gasteiger partial charge is 0.462 e. The Bertz CT molecular complexity index is 325. The predicted octanol–water partition coefficient (Wildman–Crippen LogP) is 2.99. The zero-order valence-electron chi connectivity index (χ0n) is 10.2. The van der Waals surface area contributed by atoms with Crippen molar-refractivity contribution in [2.24, 2.45) is 5.41 Å². The number of nitrogens with zero attached hydrogens (tertiary/aromatic N) is 1. The lowest BCUT2D eigenvalue weighted by molar-refractivity contribution is -0.138. The maximum Gasteiger partial charge on any atom is 0.348 e. The lowest BCUT2D eigenvalue weighted by atomic mass is 9.82. The molecule has 0 amide bonds. The number of nitriles is 1. The van der Waals surface area contributed by atoms with Crippen molar-refractivity contribution < 1.29 is 9.53 Å². The van der Waals surface area contributed by atoms with E-state index in [1.165, 1.54) is 0 Å². The number of hydrogen-bond acceptors (Lipinski definition) is 3. The Hall–Kier alpha value is -1.56. The number of rotatable bonds is 6. The van der Waals surface area contributed by atoms with E-state index in [0.717, 1.165) is 12.8 Å². The van der Waals surface area contributed by atoms with E-state index in [9.17, 15) is 4.79 Å². The van der Waals surface area contributed by atoms with E-state index < -0.39 is 5.97 Å². The van der Waals surface area contributed by atoms with Gasteiger partial charge >= 0.3 is 5.97 Å². The molecule has 16 heavy (non-hydrogen) atoms. The molecule has 0 heterocycles. The molecule has 0 rings (SSSR count). The lowest BCUT2D eigenvalue weighted by Gasteiger charge is -2.22. The van der Waals surface area contributed by atoms with Gasteiger partial charge in [0, 0.05) is 0 Å². The Morgan fingerprint density at radius 3 is 2.56 bits per heavy atom. The van der Waals surface area contributed by atoms with Gasteiger partial charge in [-0.05, 0) is 25.2 Å². The number of carbonyl (C=O) groups is 1. The highest BCUT2D eigenvalue weighted by Gasteiger charge is 2.21. The third-order valence-corrected chi connectivity index (χ3v) is 2.53. The monoisotopic (exact) mass is 221 g/mol. The molecule has 0 spiro atoms. The summed E-state index contributed by atoms with van der Waals surface area (Å²) in [7, 11) is 0. The van der Waals surface area contributed by atoms with Gasteiger partial charge in [0.1, 0.15) is 11.6 Å². The van der Waals surface area contributed by atoms with Gasteiger partial charge in [-0.3, -0.25) is 0 Å². The van der Waals surface area contributed by atoms with Crippen molar-refractivity contribution in [1.82, 2.24) is 0 Å². The first-order valence-electron chi connectivity index (χ1n) is 5.44. The minimum atomic E-state index is -0.547. The van der Waals surface area contributed by atoms with E-state index in [2.05, 4.69) is 6.58 Å². The van der Waals surface area contributed by atoms with Crippen LogP contribution in [0.15, 0.2) is 24.3 Å². The molecule has 1 unspecified atom stereocenters. The zero-order valence-corrected chi connectivity index (χ0v) is 10.2. The Balaban J connectivity index is 4.99. The van der Waals surface area contributed by atoms with Gasteiger partial charge in [-0.15, -0.1) is 6.58 Å². The summed E-state index contributed by atoms with van der Waals surface area (Å²) >= 11 is 0. The summed E-state index contributed by atoms with van der Waals surface area (Å²) in [6, 6.07) is 1.89. The number of allylic oxidation sites excluding steroid dienone is 2. The third-order valence-electron chi connectivity index (χ3n) is 2.53. The van der Waals surface area contributed by atoms with Gasteiger partial charge in [0.15, 0.2) is 0 Å². The fourth-order valence-corrected chi connectivity index (χ4v) is 1.33. The SMILES string of the molecule is C=CCC(C)(/C=C(\C#N)C(=O)OCC)CC. The van der Waals surface area contributed by atoms with E-state index in [0.29, 0.717) is 0 Å². The summed E-state index contributed by atoms with van der Waals surface area (Å²) in [6.45, 7) is 9.68. The van der Waals surface area contributed by atoms with Crippen LogP contribution in [0.4, 0.5) is 0 Å². The summed E-state index contributed by atoms with van der Waals surface area (Å²) in [4.78, 5) is 11.4. The van der Waals surface area contributed by atoms with Gasteiger partial charge in [0.05, 0.1) is 6.61 Å². The van der Waals surface area contributed by atoms with Crippen LogP contribution in [-0.2, 0) is 9.53 Å². The molecule has 0 saturated heterocycles. The topological polar surface area (TPSA) is 50.1 Å². The quantitative estimate of drug-likeness (QED) is 0.300. The predicted molar refractivity (Wildman–Crippen MR) is 63.5 cm³/mol. The number of carbonyl (C=O) groups excluding carboxylic acids is 1. The van der Waals surface area contributed by atoms with Gasteiger partial charge < -0.3 is 4.74 Å². The second-order valence-electron chi connectivity index (χ2n) is 3.89. The molecule has 0 saturated carbocycles. The maximum atomic E-state index is 11.4. The molecule has 0 aromatic carbocycles. The smallest absolute Gasteiger partial charge is 0.348 e. The minimum Gasteiger partial charge on any atom is -0.462 e. The molecule has 1 atom stereocenters. The number of ether oxygens (including phenoxy) is 1. The Morgan fingerprint density at radius 1 is 1.56 bits per heavy atom. The van der Waals surface area contributed by atoms with Crippen molar-refractivity contribution in [3.05, 3.63) is 24.3 Å². The minimum absolute atomic E-state index is 0.0769. The van der Waals surface area contributed by atoms with Gasteiger partial charge in [0.25, 0.3) is 0 Å². The summed E-state index contributed by atoms with van der Waals surface area (Å²) in [5, 5.41) is 8.91. The van der Waals surface area contributed by atoms with Crippen LogP contribution in [0.2, 0.25) is 0 Å². The van der Waals surface area contributed by atoms with Crippen molar-refractivity contribution in [3.8, 4) is 6.07 Å². The maximum absolute atomic E-state index is 11.4.